The van der Waals surface area contributed by atoms with E-state index < -0.39 is 54.4 Å². The Bertz CT molecular complexity index is 1270. The molecule has 2 aromatic rings. The third-order valence-electron chi connectivity index (χ3n) is 5.71. The Morgan fingerprint density at radius 3 is 2.49 bits per heavy atom. The zero-order valence-electron chi connectivity index (χ0n) is 18.7. The lowest BCUT2D eigenvalue weighted by atomic mass is 9.78. The predicted octanol–water partition coefficient (Wildman–Crippen LogP) is 4.88. The maximum Gasteiger partial charge on any atom is 0.573 e. The second-order valence-corrected chi connectivity index (χ2v) is 8.22. The number of rotatable bonds is 5. The van der Waals surface area contributed by atoms with Crippen molar-refractivity contribution >= 4 is 17.5 Å². The average Bonchev–Trinajstić information content (AvgIpc) is 2.81. The normalized spacial score (nSPS) is 19.6. The molecule has 0 aliphatic carbocycles. The molecule has 0 bridgehead atoms. The SMILES string of the molecule is O=C(Nc1ccc(F)c(OC(F)(F)F)c1)[C@@H]1c2ccccc2C(=O)N(CC(F)(F)F)[C@H]1C1=CC=CNC1. The lowest BCUT2D eigenvalue weighted by Gasteiger charge is -2.43. The van der Waals surface area contributed by atoms with Crippen LogP contribution in [-0.4, -0.2) is 48.4 Å². The predicted molar refractivity (Wildman–Crippen MR) is 117 cm³/mol. The summed E-state index contributed by atoms with van der Waals surface area (Å²) in [4.78, 5) is 27.2. The smallest absolute Gasteiger partial charge is 0.403 e. The topological polar surface area (TPSA) is 70.7 Å². The molecule has 2 aliphatic rings. The molecule has 0 unspecified atom stereocenters. The first-order valence-corrected chi connectivity index (χ1v) is 10.8. The number of ether oxygens (including phenoxy) is 1. The first kappa shape index (κ1) is 26.0. The summed E-state index contributed by atoms with van der Waals surface area (Å²) in [7, 11) is 0. The van der Waals surface area contributed by atoms with Gasteiger partial charge in [0.1, 0.15) is 6.54 Å². The van der Waals surface area contributed by atoms with Gasteiger partial charge in [-0.2, -0.15) is 13.2 Å². The summed E-state index contributed by atoms with van der Waals surface area (Å²) in [6.45, 7) is -1.61. The highest BCUT2D eigenvalue weighted by Gasteiger charge is 2.48. The van der Waals surface area contributed by atoms with Gasteiger partial charge in [0, 0.05) is 23.9 Å². The van der Waals surface area contributed by atoms with Crippen LogP contribution in [-0.2, 0) is 4.79 Å². The molecule has 13 heteroatoms. The van der Waals surface area contributed by atoms with Gasteiger partial charge in [0.15, 0.2) is 11.6 Å². The number of benzene rings is 2. The minimum absolute atomic E-state index is 0.0366. The van der Waals surface area contributed by atoms with Gasteiger partial charge >= 0.3 is 12.5 Å². The lowest BCUT2D eigenvalue weighted by Crippen LogP contribution is -2.55. The van der Waals surface area contributed by atoms with Gasteiger partial charge in [-0.1, -0.05) is 24.3 Å². The molecule has 0 saturated carbocycles. The van der Waals surface area contributed by atoms with E-state index in [9.17, 15) is 40.3 Å². The van der Waals surface area contributed by atoms with Crippen molar-refractivity contribution in [3.8, 4) is 5.75 Å². The second-order valence-electron chi connectivity index (χ2n) is 8.22. The van der Waals surface area contributed by atoms with Crippen LogP contribution in [0.3, 0.4) is 0 Å². The van der Waals surface area contributed by atoms with Gasteiger partial charge in [-0.3, -0.25) is 9.59 Å². The van der Waals surface area contributed by atoms with E-state index in [1.54, 1.807) is 0 Å². The Kier molecular flexibility index (Phi) is 6.89. The van der Waals surface area contributed by atoms with Crippen molar-refractivity contribution in [2.24, 2.45) is 0 Å². The zero-order valence-corrected chi connectivity index (χ0v) is 18.7. The number of allylic oxidation sites excluding steroid dienone is 2. The number of anilines is 1. The Labute approximate surface area is 205 Å². The van der Waals surface area contributed by atoms with Crippen molar-refractivity contribution < 1.29 is 45.1 Å². The number of amides is 2. The Morgan fingerprint density at radius 1 is 1.11 bits per heavy atom. The number of nitrogens with zero attached hydrogens (tertiary/aromatic N) is 1. The second kappa shape index (κ2) is 9.79. The molecule has 0 fully saturated rings. The Morgan fingerprint density at radius 2 is 1.84 bits per heavy atom. The summed E-state index contributed by atoms with van der Waals surface area (Å²) in [5.41, 5.74) is 0.0211. The first-order valence-electron chi connectivity index (χ1n) is 10.8. The highest BCUT2D eigenvalue weighted by molar-refractivity contribution is 6.04. The number of carbonyl (C=O) groups is 2. The van der Waals surface area contributed by atoms with Gasteiger partial charge in [0.25, 0.3) is 5.91 Å². The lowest BCUT2D eigenvalue weighted by molar-refractivity contribution is -0.275. The molecule has 37 heavy (non-hydrogen) atoms. The number of carbonyl (C=O) groups excluding carboxylic acids is 2. The molecule has 0 radical (unpaired) electrons. The number of nitrogens with one attached hydrogen (secondary N) is 2. The van der Waals surface area contributed by atoms with Gasteiger partial charge in [-0.15, -0.1) is 13.2 Å². The molecule has 2 amide bonds. The summed E-state index contributed by atoms with van der Waals surface area (Å²) in [5.74, 6) is -5.78. The monoisotopic (exact) mass is 529 g/mol. The fourth-order valence-corrected chi connectivity index (χ4v) is 4.34. The number of halogens is 7. The number of dihydropyridines is 1. The van der Waals surface area contributed by atoms with Gasteiger partial charge in [-0.25, -0.2) is 4.39 Å². The summed E-state index contributed by atoms with van der Waals surface area (Å²) in [6.07, 6.45) is -5.47. The highest BCUT2D eigenvalue weighted by atomic mass is 19.4. The standard InChI is InChI=1S/C24H18F7N3O3/c25-17-8-7-14(10-18(17)37-24(29,30)31)33-21(35)19-15-5-1-2-6-16(15)22(36)34(12-23(26,27)28)20(19)13-4-3-9-32-11-13/h1-10,19-20,32H,11-12H2,(H,33,35)/t19-,20+/m1/s1. The van der Waals surface area contributed by atoms with E-state index in [1.807, 2.05) is 0 Å². The van der Waals surface area contributed by atoms with E-state index in [0.717, 1.165) is 6.07 Å². The first-order chi connectivity index (χ1) is 17.3. The summed E-state index contributed by atoms with van der Waals surface area (Å²) < 4.78 is 95.9. The Hall–Kier alpha value is -4.03. The van der Waals surface area contributed by atoms with Crippen LogP contribution in [0.1, 0.15) is 21.8 Å². The fraction of sp³-hybridized carbons (Fsp3) is 0.250. The third kappa shape index (κ3) is 5.87. The maximum atomic E-state index is 13.8. The molecule has 4 rings (SSSR count). The minimum atomic E-state index is -5.21. The van der Waals surface area contributed by atoms with Crippen LogP contribution in [0.2, 0.25) is 0 Å². The minimum Gasteiger partial charge on any atom is -0.403 e. The number of fused-ring (bicyclic) bond motifs is 1. The number of hydrogen-bond acceptors (Lipinski definition) is 4. The van der Waals surface area contributed by atoms with E-state index >= 15 is 0 Å². The van der Waals surface area contributed by atoms with Crippen molar-refractivity contribution in [1.82, 2.24) is 10.2 Å². The van der Waals surface area contributed by atoms with Crippen LogP contribution in [0.25, 0.3) is 0 Å². The van der Waals surface area contributed by atoms with Crippen LogP contribution in [0.15, 0.2) is 66.4 Å². The van der Waals surface area contributed by atoms with Crippen molar-refractivity contribution in [2.75, 3.05) is 18.4 Å². The summed E-state index contributed by atoms with van der Waals surface area (Å²) >= 11 is 0. The molecule has 0 saturated heterocycles. The highest BCUT2D eigenvalue weighted by Crippen LogP contribution is 2.40. The van der Waals surface area contributed by atoms with Crippen molar-refractivity contribution in [2.45, 2.75) is 24.5 Å². The maximum absolute atomic E-state index is 13.8. The van der Waals surface area contributed by atoms with E-state index in [2.05, 4.69) is 15.4 Å². The number of hydrogen-bond donors (Lipinski definition) is 2. The van der Waals surface area contributed by atoms with Gasteiger partial charge < -0.3 is 20.3 Å². The molecule has 196 valence electrons. The molecule has 2 aliphatic heterocycles. The molecule has 2 aromatic carbocycles. The molecule has 0 aromatic heterocycles. The molecule has 2 N–H and O–H groups in total. The van der Waals surface area contributed by atoms with Crippen molar-refractivity contribution in [3.05, 3.63) is 83.3 Å². The largest absolute Gasteiger partial charge is 0.573 e. The van der Waals surface area contributed by atoms with Crippen LogP contribution >= 0.6 is 0 Å². The van der Waals surface area contributed by atoms with Crippen LogP contribution in [0, 0.1) is 5.82 Å². The average molecular weight is 529 g/mol. The third-order valence-corrected chi connectivity index (χ3v) is 5.71. The van der Waals surface area contributed by atoms with Crippen molar-refractivity contribution in [3.63, 3.8) is 0 Å². The van der Waals surface area contributed by atoms with Gasteiger partial charge in [0.2, 0.25) is 5.91 Å². The fourth-order valence-electron chi connectivity index (χ4n) is 4.34. The molecule has 6 nitrogen and oxygen atoms in total. The van der Waals surface area contributed by atoms with E-state index in [4.69, 9.17) is 0 Å². The van der Waals surface area contributed by atoms with E-state index in [0.29, 0.717) is 22.6 Å². The van der Waals surface area contributed by atoms with Crippen LogP contribution in [0.4, 0.5) is 36.4 Å². The van der Waals surface area contributed by atoms with Crippen molar-refractivity contribution in [1.29, 1.82) is 0 Å². The van der Waals surface area contributed by atoms with E-state index in [-0.39, 0.29) is 23.4 Å². The molecule has 2 heterocycles. The quantitative estimate of drug-likeness (QED) is 0.542. The molecular formula is C24H18F7N3O3. The van der Waals surface area contributed by atoms with E-state index in [1.165, 1.54) is 42.6 Å². The Balaban J connectivity index is 1.78. The van der Waals surface area contributed by atoms with Crippen LogP contribution < -0.4 is 15.4 Å². The van der Waals surface area contributed by atoms with Gasteiger partial charge in [0.05, 0.1) is 12.0 Å². The molecule has 0 spiro atoms. The zero-order chi connectivity index (χ0) is 27.0. The van der Waals surface area contributed by atoms with Gasteiger partial charge in [-0.05, 0) is 41.6 Å². The molecule has 2 atom stereocenters. The number of alkyl halides is 6. The summed E-state index contributed by atoms with van der Waals surface area (Å²) in [6, 6.07) is 6.49. The summed E-state index contributed by atoms with van der Waals surface area (Å²) in [5, 5.41) is 5.17. The molecular weight excluding hydrogens is 511 g/mol. The van der Waals surface area contributed by atoms with Crippen LogP contribution in [0.5, 0.6) is 5.75 Å².